The minimum Gasteiger partial charge on any atom is -0.332 e. The van der Waals surface area contributed by atoms with Gasteiger partial charge in [-0.25, -0.2) is 4.79 Å². The number of nitrogens with zero attached hydrogens (tertiary/aromatic N) is 1. The molecule has 1 aliphatic heterocycles. The van der Waals surface area contributed by atoms with Gasteiger partial charge < -0.3 is 5.32 Å². The smallest absolute Gasteiger partial charge is 0.326 e. The predicted octanol–water partition coefficient (Wildman–Crippen LogP) is 5.26. The van der Waals surface area contributed by atoms with E-state index in [-0.39, 0.29) is 6.03 Å². The van der Waals surface area contributed by atoms with Gasteiger partial charge in [0.25, 0.3) is 0 Å². The van der Waals surface area contributed by atoms with Gasteiger partial charge in [-0.05, 0) is 35.7 Å². The van der Waals surface area contributed by atoms with Crippen molar-refractivity contribution in [2.45, 2.75) is 16.3 Å². The Labute approximate surface area is 143 Å². The van der Waals surface area contributed by atoms with E-state index in [4.69, 9.17) is 0 Å². The molecule has 1 aliphatic rings. The molecule has 0 unspecified atom stereocenters. The van der Waals surface area contributed by atoms with E-state index in [0.717, 1.165) is 26.0 Å². The summed E-state index contributed by atoms with van der Waals surface area (Å²) < 4.78 is 0. The zero-order valence-electron chi connectivity index (χ0n) is 12.2. The van der Waals surface area contributed by atoms with Gasteiger partial charge in [0.15, 0.2) is 0 Å². The molecule has 0 radical (unpaired) electrons. The van der Waals surface area contributed by atoms with Crippen LogP contribution in [-0.2, 0) is 6.54 Å². The number of nitrogens with one attached hydrogen (secondary N) is 1. The lowest BCUT2D eigenvalue weighted by molar-refractivity contribution is 0.248. The largest absolute Gasteiger partial charge is 0.332 e. The monoisotopic (exact) mass is 338 g/mol. The van der Waals surface area contributed by atoms with Gasteiger partial charge in [-0.3, -0.25) is 4.90 Å². The summed E-state index contributed by atoms with van der Waals surface area (Å²) in [7, 11) is 0. The summed E-state index contributed by atoms with van der Waals surface area (Å²) in [5, 5.41) is 5.04. The van der Waals surface area contributed by atoms with E-state index >= 15 is 0 Å². The van der Waals surface area contributed by atoms with Gasteiger partial charge in [0, 0.05) is 14.7 Å². The zero-order valence-corrected chi connectivity index (χ0v) is 13.9. The molecule has 0 saturated heterocycles. The Morgan fingerprint density at radius 3 is 2.17 bits per heavy atom. The van der Waals surface area contributed by atoms with Crippen molar-refractivity contribution in [2.75, 3.05) is 4.90 Å². The second-order valence-corrected chi connectivity index (χ2v) is 7.23. The molecule has 1 N–H and O–H groups in total. The van der Waals surface area contributed by atoms with E-state index in [1.807, 2.05) is 53.9 Å². The molecule has 5 heteroatoms. The van der Waals surface area contributed by atoms with E-state index in [1.165, 1.54) is 0 Å². The lowest BCUT2D eigenvalue weighted by atomic mass is 10.2. The molecule has 0 spiro atoms. The van der Waals surface area contributed by atoms with Crippen molar-refractivity contribution in [3.63, 3.8) is 0 Å². The quantitative estimate of drug-likeness (QED) is 0.691. The van der Waals surface area contributed by atoms with Gasteiger partial charge in [-0.2, -0.15) is 0 Å². The number of carbonyl (C=O) groups is 1. The fourth-order valence-corrected chi connectivity index (χ4v) is 4.28. The van der Waals surface area contributed by atoms with Crippen LogP contribution in [0.2, 0.25) is 0 Å². The normalized spacial score (nSPS) is 12.4. The fourth-order valence-electron chi connectivity index (χ4n) is 2.58. The average molecular weight is 338 g/mol. The van der Waals surface area contributed by atoms with Crippen LogP contribution in [0.25, 0.3) is 0 Å². The lowest BCUT2D eigenvalue weighted by Gasteiger charge is -2.30. The zero-order chi connectivity index (χ0) is 15.6. The minimum absolute atomic E-state index is 0.0985. The Morgan fingerprint density at radius 1 is 0.913 bits per heavy atom. The second kappa shape index (κ2) is 6.10. The summed E-state index contributed by atoms with van der Waals surface area (Å²) in [6.45, 7) is 0.546. The summed E-state index contributed by atoms with van der Waals surface area (Å²) in [6, 6.07) is 19.9. The van der Waals surface area contributed by atoms with Crippen molar-refractivity contribution in [3.05, 3.63) is 70.9 Å². The molecule has 3 nitrogen and oxygen atoms in total. The molecule has 114 valence electrons. The van der Waals surface area contributed by atoms with E-state index in [1.54, 1.807) is 28.0 Å². The van der Waals surface area contributed by atoms with Crippen LogP contribution in [0.4, 0.5) is 16.2 Å². The first-order chi connectivity index (χ1) is 11.3. The molecule has 2 amide bonds. The molecular formula is C18H14N2OS2. The summed E-state index contributed by atoms with van der Waals surface area (Å²) in [5.74, 6) is 0. The number of urea groups is 1. The number of para-hydroxylation sites is 2. The van der Waals surface area contributed by atoms with Crippen molar-refractivity contribution in [1.82, 2.24) is 5.32 Å². The number of rotatable bonds is 2. The maximum Gasteiger partial charge on any atom is 0.326 e. The van der Waals surface area contributed by atoms with E-state index < -0.39 is 0 Å². The number of amides is 2. The summed E-state index contributed by atoms with van der Waals surface area (Å²) >= 11 is 3.35. The van der Waals surface area contributed by atoms with Crippen LogP contribution in [-0.4, -0.2) is 6.03 Å². The van der Waals surface area contributed by atoms with Gasteiger partial charge in [0.05, 0.1) is 17.9 Å². The number of fused-ring (bicyclic) bond motifs is 2. The number of hydrogen-bond acceptors (Lipinski definition) is 3. The number of anilines is 2. The van der Waals surface area contributed by atoms with Crippen LogP contribution in [0.1, 0.15) is 4.88 Å². The molecular weight excluding hydrogens is 324 g/mol. The Balaban J connectivity index is 1.68. The summed E-state index contributed by atoms with van der Waals surface area (Å²) in [5.41, 5.74) is 1.86. The molecule has 0 saturated carbocycles. The van der Waals surface area contributed by atoms with Crippen LogP contribution in [0.15, 0.2) is 75.8 Å². The Kier molecular flexibility index (Phi) is 3.81. The van der Waals surface area contributed by atoms with Gasteiger partial charge >= 0.3 is 6.03 Å². The van der Waals surface area contributed by atoms with E-state index in [2.05, 4.69) is 17.4 Å². The number of hydrogen-bond donors (Lipinski definition) is 1. The Hall–Kier alpha value is -2.24. The Morgan fingerprint density at radius 2 is 1.57 bits per heavy atom. The highest BCUT2D eigenvalue weighted by Crippen LogP contribution is 2.47. The first-order valence-corrected chi connectivity index (χ1v) is 8.99. The third kappa shape index (κ3) is 2.73. The van der Waals surface area contributed by atoms with Gasteiger partial charge in [-0.15, -0.1) is 11.3 Å². The summed E-state index contributed by atoms with van der Waals surface area (Å²) in [4.78, 5) is 17.9. The topological polar surface area (TPSA) is 32.3 Å². The van der Waals surface area contributed by atoms with Crippen LogP contribution in [0.5, 0.6) is 0 Å². The summed E-state index contributed by atoms with van der Waals surface area (Å²) in [6.07, 6.45) is 0. The second-order valence-electron chi connectivity index (χ2n) is 5.11. The highest BCUT2D eigenvalue weighted by molar-refractivity contribution is 7.99. The number of thiophene rings is 1. The van der Waals surface area contributed by atoms with Crippen LogP contribution in [0.3, 0.4) is 0 Å². The van der Waals surface area contributed by atoms with Crippen LogP contribution < -0.4 is 10.2 Å². The highest BCUT2D eigenvalue weighted by atomic mass is 32.2. The molecule has 1 aromatic heterocycles. The first-order valence-electron chi connectivity index (χ1n) is 7.29. The van der Waals surface area contributed by atoms with Gasteiger partial charge in [0.1, 0.15) is 0 Å². The molecule has 2 heterocycles. The third-order valence-corrected chi connectivity index (χ3v) is 5.64. The molecule has 0 atom stereocenters. The van der Waals surface area contributed by atoms with Gasteiger partial charge in [-0.1, -0.05) is 42.1 Å². The average Bonchev–Trinajstić information content (AvgIpc) is 3.11. The maximum absolute atomic E-state index is 12.8. The maximum atomic E-state index is 12.8. The van der Waals surface area contributed by atoms with Gasteiger partial charge in [0.2, 0.25) is 0 Å². The molecule has 3 aromatic rings. The molecule has 23 heavy (non-hydrogen) atoms. The molecule has 4 rings (SSSR count). The number of benzene rings is 2. The van der Waals surface area contributed by atoms with Crippen molar-refractivity contribution in [2.24, 2.45) is 0 Å². The van der Waals surface area contributed by atoms with Crippen LogP contribution >= 0.6 is 23.1 Å². The predicted molar refractivity (Wildman–Crippen MR) is 95.7 cm³/mol. The third-order valence-electron chi connectivity index (χ3n) is 3.63. The molecule has 2 aromatic carbocycles. The molecule has 0 fully saturated rings. The SMILES string of the molecule is O=C(NCc1cccs1)N1c2ccccc2Sc2ccccc21. The van der Waals surface area contributed by atoms with E-state index in [9.17, 15) is 4.79 Å². The van der Waals surface area contributed by atoms with Crippen molar-refractivity contribution in [1.29, 1.82) is 0 Å². The Bertz CT molecular complexity index is 800. The molecule has 0 aliphatic carbocycles. The van der Waals surface area contributed by atoms with Crippen molar-refractivity contribution in [3.8, 4) is 0 Å². The number of carbonyl (C=O) groups excluding carboxylic acids is 1. The van der Waals surface area contributed by atoms with Crippen LogP contribution in [0, 0.1) is 0 Å². The van der Waals surface area contributed by atoms with E-state index in [0.29, 0.717) is 6.54 Å². The fraction of sp³-hybridized carbons (Fsp3) is 0.0556. The standard InChI is InChI=1S/C18H14N2OS2/c21-18(19-12-13-6-5-11-22-13)20-14-7-1-3-9-16(14)23-17-10-4-2-8-15(17)20/h1-11H,12H2,(H,19,21). The van der Waals surface area contributed by atoms with Crippen molar-refractivity contribution >= 4 is 40.5 Å². The molecule has 0 bridgehead atoms. The minimum atomic E-state index is -0.0985. The van der Waals surface area contributed by atoms with Crippen molar-refractivity contribution < 1.29 is 4.79 Å². The first kappa shape index (κ1) is 14.4. The lowest BCUT2D eigenvalue weighted by Crippen LogP contribution is -2.37. The highest BCUT2D eigenvalue weighted by Gasteiger charge is 2.27.